The van der Waals surface area contributed by atoms with Gasteiger partial charge in [0.15, 0.2) is 0 Å². The summed E-state index contributed by atoms with van der Waals surface area (Å²) in [5, 5.41) is 0. The Morgan fingerprint density at radius 3 is 2.73 bits per heavy atom. The number of aromatic amines is 1. The first-order valence-corrected chi connectivity index (χ1v) is 5.23. The van der Waals surface area contributed by atoms with Crippen LogP contribution in [-0.2, 0) is 22.5 Å². The van der Waals surface area contributed by atoms with Gasteiger partial charge in [-0.05, 0) is 15.9 Å². The third kappa shape index (κ3) is 3.40. The minimum atomic E-state index is -0.192. The molecule has 5 nitrogen and oxygen atoms in total. The van der Waals surface area contributed by atoms with Gasteiger partial charge in [0, 0.05) is 20.6 Å². The highest BCUT2D eigenvalue weighted by molar-refractivity contribution is 9.10. The second-order valence-electron chi connectivity index (χ2n) is 2.95. The van der Waals surface area contributed by atoms with E-state index >= 15 is 0 Å². The van der Waals surface area contributed by atoms with E-state index < -0.39 is 0 Å². The molecule has 6 heteroatoms. The van der Waals surface area contributed by atoms with Crippen molar-refractivity contribution in [2.45, 2.75) is 13.0 Å². The standard InChI is InChI=1S/C9H13BrN2O3/c1-14-4-3-7-11-6(5-15-2)8(10)9(13)12-7/h3-5H2,1-2H3,(H,11,12,13). The molecule has 84 valence electrons. The topological polar surface area (TPSA) is 64.2 Å². The maximum Gasteiger partial charge on any atom is 0.265 e. The molecule has 0 saturated carbocycles. The van der Waals surface area contributed by atoms with Crippen LogP contribution in [0.5, 0.6) is 0 Å². The van der Waals surface area contributed by atoms with Gasteiger partial charge in [0.25, 0.3) is 5.56 Å². The molecule has 15 heavy (non-hydrogen) atoms. The van der Waals surface area contributed by atoms with Gasteiger partial charge < -0.3 is 14.5 Å². The first-order valence-electron chi connectivity index (χ1n) is 4.44. The van der Waals surface area contributed by atoms with E-state index in [1.807, 2.05) is 0 Å². The summed E-state index contributed by atoms with van der Waals surface area (Å²) < 4.78 is 10.3. The molecule has 0 fully saturated rings. The van der Waals surface area contributed by atoms with Crippen molar-refractivity contribution >= 4 is 15.9 Å². The molecule has 0 bridgehead atoms. The number of aromatic nitrogens is 2. The van der Waals surface area contributed by atoms with Gasteiger partial charge >= 0.3 is 0 Å². The van der Waals surface area contributed by atoms with Gasteiger partial charge in [-0.1, -0.05) is 0 Å². The molecule has 0 unspecified atom stereocenters. The average molecular weight is 277 g/mol. The van der Waals surface area contributed by atoms with Gasteiger partial charge in [-0.25, -0.2) is 4.98 Å². The number of hydrogen-bond donors (Lipinski definition) is 1. The Balaban J connectivity index is 2.95. The summed E-state index contributed by atoms with van der Waals surface area (Å²) in [6, 6.07) is 0. The number of hydrogen-bond acceptors (Lipinski definition) is 4. The van der Waals surface area contributed by atoms with Crippen LogP contribution >= 0.6 is 15.9 Å². The van der Waals surface area contributed by atoms with Gasteiger partial charge in [0.05, 0.1) is 18.9 Å². The van der Waals surface area contributed by atoms with Crippen LogP contribution in [0, 0.1) is 0 Å². The molecule has 0 aliphatic carbocycles. The van der Waals surface area contributed by atoms with Crippen molar-refractivity contribution in [3.05, 3.63) is 26.3 Å². The minimum Gasteiger partial charge on any atom is -0.384 e. The second kappa shape index (κ2) is 5.99. The van der Waals surface area contributed by atoms with Crippen molar-refractivity contribution in [3.8, 4) is 0 Å². The van der Waals surface area contributed by atoms with Crippen molar-refractivity contribution in [1.29, 1.82) is 0 Å². The van der Waals surface area contributed by atoms with Crippen LogP contribution in [0.25, 0.3) is 0 Å². The predicted molar refractivity (Wildman–Crippen MR) is 58.9 cm³/mol. The van der Waals surface area contributed by atoms with Crippen molar-refractivity contribution in [1.82, 2.24) is 9.97 Å². The summed E-state index contributed by atoms with van der Waals surface area (Å²) in [5.41, 5.74) is 0.413. The highest BCUT2D eigenvalue weighted by atomic mass is 79.9. The number of H-pyrrole nitrogens is 1. The van der Waals surface area contributed by atoms with Crippen LogP contribution in [0.4, 0.5) is 0 Å². The number of halogens is 1. The molecule has 1 aromatic rings. The van der Waals surface area contributed by atoms with Crippen LogP contribution in [0.2, 0.25) is 0 Å². The van der Waals surface area contributed by atoms with E-state index in [0.717, 1.165) is 0 Å². The van der Waals surface area contributed by atoms with Crippen LogP contribution in [0.15, 0.2) is 9.27 Å². The molecule has 0 atom stereocenters. The largest absolute Gasteiger partial charge is 0.384 e. The Labute approximate surface area is 96.0 Å². The van der Waals surface area contributed by atoms with Crippen molar-refractivity contribution in [2.24, 2.45) is 0 Å². The quantitative estimate of drug-likeness (QED) is 0.867. The summed E-state index contributed by atoms with van der Waals surface area (Å²) in [6.45, 7) is 0.835. The molecular weight excluding hydrogens is 264 g/mol. The summed E-state index contributed by atoms with van der Waals surface area (Å²) in [6.07, 6.45) is 0.579. The molecule has 0 aliphatic heterocycles. The molecule has 0 aromatic carbocycles. The number of ether oxygens (including phenoxy) is 2. The molecular formula is C9H13BrN2O3. The second-order valence-corrected chi connectivity index (χ2v) is 3.74. The van der Waals surface area contributed by atoms with Crippen LogP contribution < -0.4 is 5.56 Å². The molecule has 0 aliphatic rings. The zero-order valence-corrected chi connectivity index (χ0v) is 10.3. The number of nitrogens with one attached hydrogen (secondary N) is 1. The molecule has 0 saturated heterocycles. The first kappa shape index (κ1) is 12.4. The normalized spacial score (nSPS) is 10.6. The lowest BCUT2D eigenvalue weighted by atomic mass is 10.3. The Bertz CT molecular complexity index is 378. The monoisotopic (exact) mass is 276 g/mol. The van der Waals surface area contributed by atoms with Gasteiger partial charge in [-0.2, -0.15) is 0 Å². The number of methoxy groups -OCH3 is 2. The Morgan fingerprint density at radius 1 is 1.40 bits per heavy atom. The zero-order chi connectivity index (χ0) is 11.3. The van der Waals surface area contributed by atoms with E-state index in [-0.39, 0.29) is 5.56 Å². The van der Waals surface area contributed by atoms with E-state index in [2.05, 4.69) is 25.9 Å². The number of nitrogens with zero attached hydrogens (tertiary/aromatic N) is 1. The van der Waals surface area contributed by atoms with Crippen molar-refractivity contribution < 1.29 is 9.47 Å². The fourth-order valence-electron chi connectivity index (χ4n) is 1.11. The zero-order valence-electron chi connectivity index (χ0n) is 8.67. The fraction of sp³-hybridized carbons (Fsp3) is 0.556. The van der Waals surface area contributed by atoms with Gasteiger partial charge in [-0.3, -0.25) is 4.79 Å². The maximum absolute atomic E-state index is 11.5. The summed E-state index contributed by atoms with van der Waals surface area (Å²) >= 11 is 3.17. The predicted octanol–water partition coefficient (Wildman–Crippen LogP) is 0.868. The summed E-state index contributed by atoms with van der Waals surface area (Å²) in [4.78, 5) is 18.4. The highest BCUT2D eigenvalue weighted by Gasteiger charge is 2.08. The van der Waals surface area contributed by atoms with E-state index in [1.165, 1.54) is 0 Å². The van der Waals surface area contributed by atoms with Crippen molar-refractivity contribution in [2.75, 3.05) is 20.8 Å². The van der Waals surface area contributed by atoms with E-state index in [9.17, 15) is 4.79 Å². The van der Waals surface area contributed by atoms with Gasteiger partial charge in [0.2, 0.25) is 0 Å². The lowest BCUT2D eigenvalue weighted by molar-refractivity contribution is 0.179. The Kier molecular flexibility index (Phi) is 4.93. The summed E-state index contributed by atoms with van der Waals surface area (Å²) in [5.74, 6) is 0.608. The van der Waals surface area contributed by atoms with Crippen LogP contribution in [0.1, 0.15) is 11.5 Å². The Hall–Kier alpha value is -0.720. The lowest BCUT2D eigenvalue weighted by Gasteiger charge is -2.05. The van der Waals surface area contributed by atoms with Gasteiger partial charge in [0.1, 0.15) is 10.3 Å². The molecule has 0 amide bonds. The van der Waals surface area contributed by atoms with Gasteiger partial charge in [-0.15, -0.1) is 0 Å². The molecule has 1 aromatic heterocycles. The third-order valence-corrected chi connectivity index (χ3v) is 2.62. The lowest BCUT2D eigenvalue weighted by Crippen LogP contribution is -2.17. The van der Waals surface area contributed by atoms with E-state index in [1.54, 1.807) is 14.2 Å². The molecule has 1 N–H and O–H groups in total. The van der Waals surface area contributed by atoms with E-state index in [4.69, 9.17) is 9.47 Å². The highest BCUT2D eigenvalue weighted by Crippen LogP contribution is 2.09. The smallest absolute Gasteiger partial charge is 0.265 e. The van der Waals surface area contributed by atoms with Crippen molar-refractivity contribution in [3.63, 3.8) is 0 Å². The van der Waals surface area contributed by atoms with Crippen LogP contribution in [0.3, 0.4) is 0 Å². The number of rotatable bonds is 5. The Morgan fingerprint density at radius 2 is 2.13 bits per heavy atom. The molecule has 0 radical (unpaired) electrons. The van der Waals surface area contributed by atoms with E-state index in [0.29, 0.717) is 35.6 Å². The summed E-state index contributed by atoms with van der Waals surface area (Å²) in [7, 11) is 3.16. The molecule has 0 spiro atoms. The molecule has 1 heterocycles. The average Bonchev–Trinajstić information content (AvgIpc) is 2.22. The third-order valence-electron chi connectivity index (χ3n) is 1.80. The van der Waals surface area contributed by atoms with Crippen LogP contribution in [-0.4, -0.2) is 30.8 Å². The molecule has 1 rings (SSSR count). The maximum atomic E-state index is 11.5. The first-order chi connectivity index (χ1) is 7.19. The fourth-order valence-corrected chi connectivity index (χ4v) is 1.41. The minimum absolute atomic E-state index is 0.192. The SMILES string of the molecule is COCCc1nc(COC)c(Br)c(=O)[nH]1.